The lowest BCUT2D eigenvalue weighted by atomic mass is 10.1. The Balaban J connectivity index is 2.17. The van der Waals surface area contributed by atoms with Crippen LogP contribution in [0.4, 0.5) is 18.9 Å². The summed E-state index contributed by atoms with van der Waals surface area (Å²) in [6.45, 7) is 0.780. The van der Waals surface area contributed by atoms with E-state index >= 15 is 0 Å². The first-order chi connectivity index (χ1) is 14.5. The van der Waals surface area contributed by atoms with Crippen LogP contribution in [0.25, 0.3) is 0 Å². The molecule has 0 aliphatic heterocycles. The van der Waals surface area contributed by atoms with Gasteiger partial charge in [-0.3, -0.25) is 19.7 Å². The number of rotatable bonds is 8. The summed E-state index contributed by atoms with van der Waals surface area (Å²) in [5.74, 6) is -1.48. The molecule has 0 atom stereocenters. The fourth-order valence-electron chi connectivity index (χ4n) is 2.38. The molecule has 0 unspecified atom stereocenters. The minimum atomic E-state index is -4.58. The lowest BCUT2D eigenvalue weighted by Crippen LogP contribution is -2.14. The van der Waals surface area contributed by atoms with Crippen LogP contribution in [-0.4, -0.2) is 30.1 Å². The van der Waals surface area contributed by atoms with Crippen LogP contribution in [0, 0.1) is 10.1 Å². The highest BCUT2D eigenvalue weighted by molar-refractivity contribution is 6.32. The third kappa shape index (κ3) is 7.14. The summed E-state index contributed by atoms with van der Waals surface area (Å²) in [4.78, 5) is 33.1. The van der Waals surface area contributed by atoms with E-state index in [9.17, 15) is 32.9 Å². The molecule has 0 spiro atoms. The first-order valence-corrected chi connectivity index (χ1v) is 8.96. The van der Waals surface area contributed by atoms with Crippen molar-refractivity contribution in [3.05, 3.63) is 62.7 Å². The second-order valence-corrected chi connectivity index (χ2v) is 6.44. The van der Waals surface area contributed by atoms with Gasteiger partial charge in [0, 0.05) is 18.6 Å². The Labute approximate surface area is 178 Å². The molecule has 0 aromatic heterocycles. The lowest BCUT2D eigenvalue weighted by Gasteiger charge is -2.12. The maximum atomic E-state index is 12.7. The number of benzene rings is 2. The van der Waals surface area contributed by atoms with E-state index in [0.717, 1.165) is 18.2 Å². The van der Waals surface area contributed by atoms with Crippen molar-refractivity contribution in [3.63, 3.8) is 0 Å². The number of nitrogens with zero attached hydrogens (tertiary/aromatic N) is 1. The molecule has 0 amide bonds. The van der Waals surface area contributed by atoms with Crippen molar-refractivity contribution in [2.75, 3.05) is 13.2 Å². The van der Waals surface area contributed by atoms with Crippen molar-refractivity contribution in [1.82, 2.24) is 0 Å². The molecule has 0 N–H and O–H groups in total. The number of ether oxygens (including phenoxy) is 3. The number of hydrogen-bond donors (Lipinski definition) is 0. The number of hydrogen-bond acceptors (Lipinski definition) is 7. The van der Waals surface area contributed by atoms with Crippen LogP contribution in [0.1, 0.15) is 18.1 Å². The van der Waals surface area contributed by atoms with Crippen LogP contribution in [0.15, 0.2) is 36.4 Å². The van der Waals surface area contributed by atoms with Gasteiger partial charge >= 0.3 is 18.1 Å². The summed E-state index contributed by atoms with van der Waals surface area (Å²) in [7, 11) is 0. The second-order valence-electron chi connectivity index (χ2n) is 6.03. The summed E-state index contributed by atoms with van der Waals surface area (Å²) in [5.41, 5.74) is -1.41. The van der Waals surface area contributed by atoms with Crippen LogP contribution in [0.3, 0.4) is 0 Å². The monoisotopic (exact) mass is 461 g/mol. The number of carbonyl (C=O) groups is 2. The molecule has 0 saturated carbocycles. The highest BCUT2D eigenvalue weighted by Crippen LogP contribution is 2.37. The Kier molecular flexibility index (Phi) is 7.81. The predicted octanol–water partition coefficient (Wildman–Crippen LogP) is 4.71. The van der Waals surface area contributed by atoms with Crippen LogP contribution in [-0.2, 0) is 31.7 Å². The molecule has 0 radical (unpaired) electrons. The van der Waals surface area contributed by atoms with E-state index in [1.54, 1.807) is 0 Å². The van der Waals surface area contributed by atoms with Crippen molar-refractivity contribution in [2.24, 2.45) is 0 Å². The van der Waals surface area contributed by atoms with Crippen molar-refractivity contribution in [1.29, 1.82) is 0 Å². The molecular weight excluding hydrogens is 447 g/mol. The van der Waals surface area contributed by atoms with Gasteiger partial charge in [-0.15, -0.1) is 0 Å². The fourth-order valence-corrected chi connectivity index (χ4v) is 2.60. The number of nitro groups is 1. The summed E-state index contributed by atoms with van der Waals surface area (Å²) in [6, 6.07) is 5.93. The molecule has 0 bridgehead atoms. The fraction of sp³-hybridized carbons (Fsp3) is 0.263. The molecule has 2 rings (SSSR count). The molecule has 12 heteroatoms. The van der Waals surface area contributed by atoms with E-state index < -0.39 is 35.0 Å². The van der Waals surface area contributed by atoms with Crippen LogP contribution >= 0.6 is 11.6 Å². The molecule has 166 valence electrons. The molecule has 0 aliphatic carbocycles. The van der Waals surface area contributed by atoms with E-state index in [0.29, 0.717) is 6.07 Å². The largest absolute Gasteiger partial charge is 0.462 e. The molecule has 0 aliphatic rings. The third-order valence-electron chi connectivity index (χ3n) is 3.72. The van der Waals surface area contributed by atoms with Crippen LogP contribution < -0.4 is 4.74 Å². The first-order valence-electron chi connectivity index (χ1n) is 8.58. The van der Waals surface area contributed by atoms with Gasteiger partial charge in [0.1, 0.15) is 24.7 Å². The van der Waals surface area contributed by atoms with Gasteiger partial charge in [-0.25, -0.2) is 0 Å². The van der Waals surface area contributed by atoms with Gasteiger partial charge in [0.2, 0.25) is 0 Å². The summed E-state index contributed by atoms with van der Waals surface area (Å²) in [6.07, 6.45) is -5.08. The third-order valence-corrected chi connectivity index (χ3v) is 4.02. The number of alkyl halides is 3. The maximum Gasteiger partial charge on any atom is 0.416 e. The molecule has 31 heavy (non-hydrogen) atoms. The standard InChI is InChI=1S/C19H15ClF3NO7/c1-11(25)29-6-7-30-18(26)9-12-8-14(3-4-16(12)24(27)28)31-17-5-2-13(10-15(17)20)19(21,22)23/h2-5,8,10H,6-7,9H2,1H3. The molecule has 8 nitrogen and oxygen atoms in total. The Morgan fingerprint density at radius 1 is 1.10 bits per heavy atom. The van der Waals surface area contributed by atoms with E-state index in [1.807, 2.05) is 0 Å². The quantitative estimate of drug-likeness (QED) is 0.242. The average molecular weight is 462 g/mol. The van der Waals surface area contributed by atoms with Gasteiger partial charge in [-0.1, -0.05) is 11.6 Å². The Hall–Kier alpha value is -3.34. The molecule has 0 saturated heterocycles. The zero-order valence-electron chi connectivity index (χ0n) is 15.9. The highest BCUT2D eigenvalue weighted by atomic mass is 35.5. The van der Waals surface area contributed by atoms with E-state index in [4.69, 9.17) is 21.1 Å². The molecule has 0 fully saturated rings. The normalized spacial score (nSPS) is 11.0. The van der Waals surface area contributed by atoms with Crippen LogP contribution in [0.2, 0.25) is 5.02 Å². The predicted molar refractivity (Wildman–Crippen MR) is 101 cm³/mol. The summed E-state index contributed by atoms with van der Waals surface area (Å²) in [5, 5.41) is 10.9. The number of halogens is 4. The van der Waals surface area contributed by atoms with E-state index in [2.05, 4.69) is 4.74 Å². The van der Waals surface area contributed by atoms with Crippen molar-refractivity contribution in [3.8, 4) is 11.5 Å². The SMILES string of the molecule is CC(=O)OCCOC(=O)Cc1cc(Oc2ccc(C(F)(F)F)cc2Cl)ccc1[N+](=O)[O-]. The minimum absolute atomic E-state index is 0.00923. The Morgan fingerprint density at radius 2 is 1.77 bits per heavy atom. The van der Waals surface area contributed by atoms with Gasteiger partial charge < -0.3 is 14.2 Å². The summed E-state index contributed by atoms with van der Waals surface area (Å²) >= 11 is 5.84. The van der Waals surface area contributed by atoms with Crippen molar-refractivity contribution < 1.29 is 41.9 Å². The smallest absolute Gasteiger partial charge is 0.416 e. The molecule has 2 aromatic carbocycles. The van der Waals surface area contributed by atoms with Gasteiger partial charge in [0.05, 0.1) is 21.9 Å². The average Bonchev–Trinajstić information content (AvgIpc) is 2.66. The highest BCUT2D eigenvalue weighted by Gasteiger charge is 2.31. The molecule has 0 heterocycles. The zero-order valence-corrected chi connectivity index (χ0v) is 16.7. The number of carbonyl (C=O) groups excluding carboxylic acids is 2. The number of esters is 2. The topological polar surface area (TPSA) is 105 Å². The minimum Gasteiger partial charge on any atom is -0.462 e. The molecule has 2 aromatic rings. The van der Waals surface area contributed by atoms with Crippen molar-refractivity contribution >= 4 is 29.2 Å². The summed E-state index contributed by atoms with van der Waals surface area (Å²) < 4.78 is 53.1. The van der Waals surface area contributed by atoms with Gasteiger partial charge in [0.15, 0.2) is 0 Å². The first kappa shape index (κ1) is 23.9. The lowest BCUT2D eigenvalue weighted by molar-refractivity contribution is -0.385. The van der Waals surface area contributed by atoms with E-state index in [1.165, 1.54) is 19.1 Å². The number of nitro benzene ring substituents is 1. The Morgan fingerprint density at radius 3 is 2.35 bits per heavy atom. The van der Waals surface area contributed by atoms with E-state index in [-0.39, 0.29) is 41.0 Å². The zero-order chi connectivity index (χ0) is 23.2. The van der Waals surface area contributed by atoms with Gasteiger partial charge in [0.25, 0.3) is 5.69 Å². The van der Waals surface area contributed by atoms with Gasteiger partial charge in [-0.05, 0) is 30.3 Å². The van der Waals surface area contributed by atoms with Crippen molar-refractivity contribution in [2.45, 2.75) is 19.5 Å². The second kappa shape index (κ2) is 10.1. The Bertz CT molecular complexity index is 995. The molecular formula is C19H15ClF3NO7. The maximum absolute atomic E-state index is 12.7. The van der Waals surface area contributed by atoms with Gasteiger partial charge in [-0.2, -0.15) is 13.2 Å². The van der Waals surface area contributed by atoms with Crippen LogP contribution in [0.5, 0.6) is 11.5 Å².